The lowest BCUT2D eigenvalue weighted by molar-refractivity contribution is -0.145. The molecule has 0 fully saturated rings. The number of carbonyl (C=O) groups is 2. The van der Waals surface area contributed by atoms with Crippen LogP contribution in [0.15, 0.2) is 11.8 Å². The highest BCUT2D eigenvalue weighted by molar-refractivity contribution is 5.93. The summed E-state index contributed by atoms with van der Waals surface area (Å²) >= 11 is 0. The fraction of sp³-hybridized carbons (Fsp3) is 0.556. The van der Waals surface area contributed by atoms with E-state index in [0.717, 1.165) is 0 Å². The van der Waals surface area contributed by atoms with Crippen LogP contribution >= 0.6 is 0 Å². The Morgan fingerprint density at radius 3 is 2.21 bits per heavy atom. The molecule has 0 unspecified atom stereocenters. The zero-order valence-electron chi connectivity index (χ0n) is 8.28. The van der Waals surface area contributed by atoms with Gasteiger partial charge in [-0.2, -0.15) is 0 Å². The first-order valence-corrected chi connectivity index (χ1v) is 4.31. The summed E-state index contributed by atoms with van der Waals surface area (Å²) in [5.41, 5.74) is -0.106. The zero-order chi connectivity index (χ0) is 11.0. The lowest BCUT2D eigenvalue weighted by Gasteiger charge is -2.04. The molecule has 0 bridgehead atoms. The summed E-state index contributed by atoms with van der Waals surface area (Å²) in [4.78, 5) is 22.0. The zero-order valence-corrected chi connectivity index (χ0v) is 8.28. The average molecular weight is 202 g/mol. The lowest BCUT2D eigenvalue weighted by Crippen LogP contribution is -2.13. The molecule has 0 radical (unpaired) electrons. The SMILES string of the molecule is CCOC(=O)CC(=CO)C(=O)OCC. The number of rotatable bonds is 5. The Hall–Kier alpha value is -1.52. The Morgan fingerprint density at radius 2 is 1.79 bits per heavy atom. The number of aliphatic hydroxyl groups is 1. The second-order valence-electron chi connectivity index (χ2n) is 2.36. The summed E-state index contributed by atoms with van der Waals surface area (Å²) in [5.74, 6) is -1.27. The molecule has 0 spiro atoms. The van der Waals surface area contributed by atoms with E-state index in [9.17, 15) is 9.59 Å². The molecule has 0 aliphatic rings. The summed E-state index contributed by atoms with van der Waals surface area (Å²) in [6.45, 7) is 3.72. The van der Waals surface area contributed by atoms with E-state index in [2.05, 4.69) is 9.47 Å². The van der Waals surface area contributed by atoms with Gasteiger partial charge in [-0.3, -0.25) is 4.79 Å². The van der Waals surface area contributed by atoms with Gasteiger partial charge in [0.15, 0.2) is 0 Å². The number of hydrogen-bond acceptors (Lipinski definition) is 5. The molecule has 80 valence electrons. The van der Waals surface area contributed by atoms with Gasteiger partial charge in [-0.15, -0.1) is 0 Å². The van der Waals surface area contributed by atoms with Crippen LogP contribution in [0.4, 0.5) is 0 Å². The van der Waals surface area contributed by atoms with Crippen molar-refractivity contribution in [1.82, 2.24) is 0 Å². The smallest absolute Gasteiger partial charge is 0.337 e. The molecule has 0 amide bonds. The summed E-state index contributed by atoms with van der Waals surface area (Å²) in [7, 11) is 0. The average Bonchev–Trinajstić information content (AvgIpc) is 2.15. The third-order valence-electron chi connectivity index (χ3n) is 1.33. The Labute approximate surface area is 82.3 Å². The Balaban J connectivity index is 4.17. The van der Waals surface area contributed by atoms with Crippen LogP contribution in [0, 0.1) is 0 Å². The number of aliphatic hydroxyl groups excluding tert-OH is 1. The van der Waals surface area contributed by atoms with E-state index in [1.54, 1.807) is 13.8 Å². The van der Waals surface area contributed by atoms with Crippen molar-refractivity contribution in [2.75, 3.05) is 13.2 Å². The van der Waals surface area contributed by atoms with Crippen LogP contribution in [0.3, 0.4) is 0 Å². The number of ether oxygens (including phenoxy) is 2. The molecule has 0 aromatic carbocycles. The maximum absolute atomic E-state index is 11.1. The van der Waals surface area contributed by atoms with Crippen LogP contribution in [0.1, 0.15) is 20.3 Å². The molecule has 0 aromatic heterocycles. The highest BCUT2D eigenvalue weighted by atomic mass is 16.5. The maximum Gasteiger partial charge on any atom is 0.337 e. The van der Waals surface area contributed by atoms with Crippen LogP contribution in [0.5, 0.6) is 0 Å². The standard InChI is InChI=1S/C9H14O5/c1-3-13-8(11)5-7(6-10)9(12)14-4-2/h6,10H,3-5H2,1-2H3. The minimum Gasteiger partial charge on any atom is -0.515 e. The summed E-state index contributed by atoms with van der Waals surface area (Å²) in [6.07, 6.45) is 0.290. The quantitative estimate of drug-likeness (QED) is 0.408. The Morgan fingerprint density at radius 1 is 1.21 bits per heavy atom. The molecule has 0 aliphatic heterocycles. The Kier molecular flexibility index (Phi) is 6.19. The predicted molar refractivity (Wildman–Crippen MR) is 48.6 cm³/mol. The molecular formula is C9H14O5. The van der Waals surface area contributed by atoms with Crippen molar-refractivity contribution in [2.45, 2.75) is 20.3 Å². The maximum atomic E-state index is 11.1. The number of esters is 2. The first kappa shape index (κ1) is 12.5. The fourth-order valence-electron chi connectivity index (χ4n) is 0.762. The highest BCUT2D eigenvalue weighted by Gasteiger charge is 2.15. The van der Waals surface area contributed by atoms with E-state index in [0.29, 0.717) is 6.26 Å². The molecule has 0 aromatic rings. The van der Waals surface area contributed by atoms with Crippen LogP contribution < -0.4 is 0 Å². The van der Waals surface area contributed by atoms with Crippen molar-refractivity contribution in [3.8, 4) is 0 Å². The number of hydrogen-bond donors (Lipinski definition) is 1. The van der Waals surface area contributed by atoms with Crippen molar-refractivity contribution in [3.63, 3.8) is 0 Å². The van der Waals surface area contributed by atoms with Gasteiger partial charge in [0, 0.05) is 0 Å². The van der Waals surface area contributed by atoms with Crippen molar-refractivity contribution < 1.29 is 24.2 Å². The second kappa shape index (κ2) is 6.94. The minimum atomic E-state index is -0.706. The third kappa shape index (κ3) is 4.49. The largest absolute Gasteiger partial charge is 0.515 e. The van der Waals surface area contributed by atoms with Crippen molar-refractivity contribution in [2.24, 2.45) is 0 Å². The van der Waals surface area contributed by atoms with E-state index in [1.807, 2.05) is 0 Å². The Bertz CT molecular complexity index is 231. The van der Waals surface area contributed by atoms with Gasteiger partial charge in [0.05, 0.1) is 31.5 Å². The summed E-state index contributed by atoms with van der Waals surface area (Å²) in [6, 6.07) is 0. The van der Waals surface area contributed by atoms with Gasteiger partial charge in [-0.1, -0.05) is 0 Å². The monoisotopic (exact) mass is 202 g/mol. The van der Waals surface area contributed by atoms with E-state index in [4.69, 9.17) is 5.11 Å². The summed E-state index contributed by atoms with van der Waals surface area (Å²) in [5, 5.41) is 8.67. The third-order valence-corrected chi connectivity index (χ3v) is 1.33. The molecule has 14 heavy (non-hydrogen) atoms. The molecule has 0 saturated heterocycles. The molecular weight excluding hydrogens is 188 g/mol. The van der Waals surface area contributed by atoms with E-state index in [-0.39, 0.29) is 25.2 Å². The van der Waals surface area contributed by atoms with Crippen molar-refractivity contribution >= 4 is 11.9 Å². The van der Waals surface area contributed by atoms with Crippen molar-refractivity contribution in [3.05, 3.63) is 11.8 Å². The van der Waals surface area contributed by atoms with Crippen LogP contribution in [-0.4, -0.2) is 30.3 Å². The number of carbonyl (C=O) groups excluding carboxylic acids is 2. The van der Waals surface area contributed by atoms with E-state index in [1.165, 1.54) is 0 Å². The molecule has 0 aliphatic carbocycles. The highest BCUT2D eigenvalue weighted by Crippen LogP contribution is 2.04. The first-order chi connectivity index (χ1) is 6.65. The summed E-state index contributed by atoms with van der Waals surface area (Å²) < 4.78 is 9.20. The lowest BCUT2D eigenvalue weighted by atomic mass is 10.2. The topological polar surface area (TPSA) is 72.8 Å². The molecule has 0 saturated carbocycles. The second-order valence-corrected chi connectivity index (χ2v) is 2.36. The fourth-order valence-corrected chi connectivity index (χ4v) is 0.762. The van der Waals surface area contributed by atoms with Gasteiger partial charge < -0.3 is 14.6 Å². The van der Waals surface area contributed by atoms with Gasteiger partial charge in [-0.25, -0.2) is 4.79 Å². The van der Waals surface area contributed by atoms with Gasteiger partial charge in [-0.05, 0) is 13.8 Å². The van der Waals surface area contributed by atoms with Crippen LogP contribution in [0.2, 0.25) is 0 Å². The van der Waals surface area contributed by atoms with Gasteiger partial charge in [0.1, 0.15) is 0 Å². The van der Waals surface area contributed by atoms with E-state index >= 15 is 0 Å². The van der Waals surface area contributed by atoms with Crippen LogP contribution in [0.25, 0.3) is 0 Å². The van der Waals surface area contributed by atoms with Crippen molar-refractivity contribution in [1.29, 1.82) is 0 Å². The van der Waals surface area contributed by atoms with Gasteiger partial charge >= 0.3 is 11.9 Å². The minimum absolute atomic E-state index is 0.106. The molecule has 1 N–H and O–H groups in total. The molecule has 0 atom stereocenters. The predicted octanol–water partition coefficient (Wildman–Crippen LogP) is 0.945. The van der Waals surface area contributed by atoms with Gasteiger partial charge in [0.25, 0.3) is 0 Å². The molecule has 5 heteroatoms. The van der Waals surface area contributed by atoms with Crippen LogP contribution in [-0.2, 0) is 19.1 Å². The molecule has 5 nitrogen and oxygen atoms in total. The first-order valence-electron chi connectivity index (χ1n) is 4.31. The normalized spacial score (nSPS) is 10.9. The molecule has 0 rings (SSSR count). The molecule has 0 heterocycles. The van der Waals surface area contributed by atoms with Gasteiger partial charge in [0.2, 0.25) is 0 Å². The van der Waals surface area contributed by atoms with E-state index < -0.39 is 11.9 Å².